The van der Waals surface area contributed by atoms with Gasteiger partial charge in [-0.1, -0.05) is 49.4 Å². The molecular formula is C20H26N2O3S. The van der Waals surface area contributed by atoms with Gasteiger partial charge in [-0.05, 0) is 36.1 Å². The lowest BCUT2D eigenvalue weighted by Crippen LogP contribution is -2.32. The maximum atomic E-state index is 12.2. The van der Waals surface area contributed by atoms with Crippen LogP contribution < -0.4 is 10.6 Å². The monoisotopic (exact) mass is 374 g/mol. The van der Waals surface area contributed by atoms with Crippen LogP contribution in [0.25, 0.3) is 0 Å². The van der Waals surface area contributed by atoms with Gasteiger partial charge in [0.1, 0.15) is 0 Å². The van der Waals surface area contributed by atoms with Crippen molar-refractivity contribution >= 4 is 21.4 Å². The second-order valence-electron chi connectivity index (χ2n) is 6.47. The minimum Gasteiger partial charge on any atom is -0.376 e. The molecule has 26 heavy (non-hydrogen) atoms. The Morgan fingerprint density at radius 1 is 1.08 bits per heavy atom. The lowest BCUT2D eigenvalue weighted by atomic mass is 10.1. The Hall–Kier alpha value is -2.34. The highest BCUT2D eigenvalue weighted by molar-refractivity contribution is 7.89. The molecule has 0 aromatic heterocycles. The zero-order chi connectivity index (χ0) is 19.2. The second kappa shape index (κ2) is 8.85. The summed E-state index contributed by atoms with van der Waals surface area (Å²) < 4.78 is 23.1. The van der Waals surface area contributed by atoms with Gasteiger partial charge in [0, 0.05) is 11.9 Å². The fourth-order valence-electron chi connectivity index (χ4n) is 2.69. The molecule has 5 nitrogen and oxygen atoms in total. The van der Waals surface area contributed by atoms with Crippen molar-refractivity contribution in [2.24, 2.45) is 0 Å². The standard InChI is InChI=1S/C20H26N2O3S/c1-4-16-9-11-17(12-10-16)15(2)22-20(23)13-21-19-8-6-5-7-18(19)14-26(3,24)25/h5-12,15,21H,4,13-14H2,1-3H3,(H,22,23). The maximum absolute atomic E-state index is 12.2. The van der Waals surface area contributed by atoms with Crippen LogP contribution in [0.3, 0.4) is 0 Å². The normalized spacial score (nSPS) is 12.4. The van der Waals surface area contributed by atoms with Crippen molar-refractivity contribution in [3.63, 3.8) is 0 Å². The van der Waals surface area contributed by atoms with Gasteiger partial charge in [0.2, 0.25) is 5.91 Å². The Balaban J connectivity index is 1.94. The zero-order valence-corrected chi connectivity index (χ0v) is 16.3. The van der Waals surface area contributed by atoms with Crippen LogP contribution in [0, 0.1) is 0 Å². The summed E-state index contributed by atoms with van der Waals surface area (Å²) in [6.07, 6.45) is 2.18. The molecule has 0 spiro atoms. The molecule has 1 unspecified atom stereocenters. The van der Waals surface area contributed by atoms with Crippen LogP contribution in [0.5, 0.6) is 0 Å². The molecule has 6 heteroatoms. The van der Waals surface area contributed by atoms with E-state index in [9.17, 15) is 13.2 Å². The molecule has 0 aliphatic heterocycles. The minimum absolute atomic E-state index is 0.0576. The predicted octanol–water partition coefficient (Wildman–Crippen LogP) is 3.08. The number of hydrogen-bond acceptors (Lipinski definition) is 4. The van der Waals surface area contributed by atoms with Crippen LogP contribution in [0.1, 0.15) is 36.6 Å². The molecule has 0 bridgehead atoms. The molecule has 0 saturated carbocycles. The van der Waals surface area contributed by atoms with Crippen molar-refractivity contribution in [1.29, 1.82) is 0 Å². The molecular weight excluding hydrogens is 348 g/mol. The van der Waals surface area contributed by atoms with E-state index in [4.69, 9.17) is 0 Å². The Morgan fingerprint density at radius 2 is 1.73 bits per heavy atom. The fraction of sp³-hybridized carbons (Fsp3) is 0.350. The lowest BCUT2D eigenvalue weighted by Gasteiger charge is -2.16. The van der Waals surface area contributed by atoms with Crippen LogP contribution in [0.15, 0.2) is 48.5 Å². The number of nitrogens with one attached hydrogen (secondary N) is 2. The van der Waals surface area contributed by atoms with E-state index in [2.05, 4.69) is 29.7 Å². The Morgan fingerprint density at radius 3 is 2.35 bits per heavy atom. The van der Waals surface area contributed by atoms with Crippen LogP contribution in [0.2, 0.25) is 0 Å². The molecule has 0 radical (unpaired) electrons. The van der Waals surface area contributed by atoms with Gasteiger partial charge < -0.3 is 10.6 Å². The van der Waals surface area contributed by atoms with Crippen molar-refractivity contribution in [1.82, 2.24) is 5.32 Å². The first kappa shape index (κ1) is 20.0. The van der Waals surface area contributed by atoms with Crippen LogP contribution in [-0.2, 0) is 26.8 Å². The molecule has 2 rings (SSSR count). The number of carbonyl (C=O) groups excluding carboxylic acids is 1. The molecule has 0 saturated heterocycles. The third-order valence-electron chi connectivity index (χ3n) is 4.14. The summed E-state index contributed by atoms with van der Waals surface area (Å²) in [6, 6.07) is 15.2. The van der Waals surface area contributed by atoms with Crippen LogP contribution in [-0.4, -0.2) is 27.1 Å². The number of amides is 1. The molecule has 2 N–H and O–H groups in total. The smallest absolute Gasteiger partial charge is 0.239 e. The molecule has 2 aromatic rings. The average Bonchev–Trinajstić information content (AvgIpc) is 2.59. The van der Waals surface area contributed by atoms with Crippen LogP contribution in [0.4, 0.5) is 5.69 Å². The molecule has 0 aliphatic carbocycles. The zero-order valence-electron chi connectivity index (χ0n) is 15.5. The summed E-state index contributed by atoms with van der Waals surface area (Å²) in [4.78, 5) is 12.2. The first-order valence-corrected chi connectivity index (χ1v) is 10.7. The number of hydrogen-bond donors (Lipinski definition) is 2. The summed E-state index contributed by atoms with van der Waals surface area (Å²) in [5.74, 6) is -0.205. The Bertz CT molecular complexity index is 846. The predicted molar refractivity (Wildman–Crippen MR) is 106 cm³/mol. The van der Waals surface area contributed by atoms with Crippen molar-refractivity contribution in [3.05, 3.63) is 65.2 Å². The van der Waals surface area contributed by atoms with Gasteiger partial charge in [-0.3, -0.25) is 4.79 Å². The largest absolute Gasteiger partial charge is 0.376 e. The van der Waals surface area contributed by atoms with Gasteiger partial charge in [-0.15, -0.1) is 0 Å². The number of anilines is 1. The van der Waals surface area contributed by atoms with Gasteiger partial charge in [-0.25, -0.2) is 8.42 Å². The SMILES string of the molecule is CCc1ccc(C(C)NC(=O)CNc2ccccc2CS(C)(=O)=O)cc1. The lowest BCUT2D eigenvalue weighted by molar-refractivity contribution is -0.120. The van der Waals surface area contributed by atoms with Gasteiger partial charge in [0.05, 0.1) is 18.3 Å². The topological polar surface area (TPSA) is 75.3 Å². The number of aryl methyl sites for hydroxylation is 1. The number of para-hydroxylation sites is 1. The molecule has 140 valence electrons. The quantitative estimate of drug-likeness (QED) is 0.745. The van der Waals surface area contributed by atoms with Crippen molar-refractivity contribution in [3.8, 4) is 0 Å². The molecule has 0 fully saturated rings. The number of sulfone groups is 1. The first-order valence-electron chi connectivity index (χ1n) is 8.66. The average molecular weight is 375 g/mol. The van der Waals surface area contributed by atoms with Gasteiger partial charge >= 0.3 is 0 Å². The van der Waals surface area contributed by atoms with E-state index in [1.807, 2.05) is 25.1 Å². The van der Waals surface area contributed by atoms with E-state index in [1.54, 1.807) is 18.2 Å². The third-order valence-corrected chi connectivity index (χ3v) is 4.98. The highest BCUT2D eigenvalue weighted by Gasteiger charge is 2.12. The van der Waals surface area contributed by atoms with E-state index < -0.39 is 9.84 Å². The number of benzene rings is 2. The fourth-order valence-corrected chi connectivity index (χ4v) is 3.51. The highest BCUT2D eigenvalue weighted by atomic mass is 32.2. The third kappa shape index (κ3) is 6.19. The van der Waals surface area contributed by atoms with E-state index >= 15 is 0 Å². The summed E-state index contributed by atoms with van der Waals surface area (Å²) >= 11 is 0. The summed E-state index contributed by atoms with van der Waals surface area (Å²) in [5.41, 5.74) is 3.63. The highest BCUT2D eigenvalue weighted by Crippen LogP contribution is 2.18. The van der Waals surface area contributed by atoms with Gasteiger partial charge in [-0.2, -0.15) is 0 Å². The van der Waals surface area contributed by atoms with Gasteiger partial charge in [0.25, 0.3) is 0 Å². The van der Waals surface area contributed by atoms with Crippen molar-refractivity contribution in [2.75, 3.05) is 18.1 Å². The van der Waals surface area contributed by atoms with Crippen molar-refractivity contribution < 1.29 is 13.2 Å². The summed E-state index contributed by atoms with van der Waals surface area (Å²) in [5, 5.41) is 5.99. The van der Waals surface area contributed by atoms with E-state index in [-0.39, 0.29) is 24.2 Å². The van der Waals surface area contributed by atoms with Crippen molar-refractivity contribution in [2.45, 2.75) is 32.1 Å². The molecule has 1 atom stereocenters. The molecule has 2 aromatic carbocycles. The Labute approximate surface area is 155 Å². The number of carbonyl (C=O) groups is 1. The summed E-state index contributed by atoms with van der Waals surface area (Å²) in [7, 11) is -3.14. The van der Waals surface area contributed by atoms with E-state index in [0.29, 0.717) is 11.3 Å². The molecule has 0 aliphatic rings. The molecule has 1 amide bonds. The van der Waals surface area contributed by atoms with Gasteiger partial charge in [0.15, 0.2) is 9.84 Å². The molecule has 0 heterocycles. The summed E-state index contributed by atoms with van der Waals surface area (Å²) in [6.45, 7) is 4.13. The second-order valence-corrected chi connectivity index (χ2v) is 8.61. The van der Waals surface area contributed by atoms with E-state index in [1.165, 1.54) is 11.8 Å². The van der Waals surface area contributed by atoms with Crippen LogP contribution >= 0.6 is 0 Å². The Kier molecular flexibility index (Phi) is 6.80. The first-order chi connectivity index (χ1) is 12.3. The van der Waals surface area contributed by atoms with E-state index in [0.717, 1.165) is 12.0 Å². The minimum atomic E-state index is -3.14. The maximum Gasteiger partial charge on any atom is 0.239 e. The number of rotatable bonds is 8.